The normalized spacial score (nSPS) is 18.5. The summed E-state index contributed by atoms with van der Waals surface area (Å²) in [6.45, 7) is 0. The lowest BCUT2D eigenvalue weighted by Crippen LogP contribution is -2.37. The lowest BCUT2D eigenvalue weighted by atomic mass is 9.80. The lowest BCUT2D eigenvalue weighted by Gasteiger charge is -2.29. The maximum absolute atomic E-state index is 14.4. The summed E-state index contributed by atoms with van der Waals surface area (Å²) in [5.74, 6) is -3.16. The van der Waals surface area contributed by atoms with E-state index in [4.69, 9.17) is 5.73 Å². The predicted molar refractivity (Wildman–Crippen MR) is 107 cm³/mol. The van der Waals surface area contributed by atoms with E-state index in [1.807, 2.05) is 22.7 Å². The van der Waals surface area contributed by atoms with Gasteiger partial charge >= 0.3 is 5.69 Å². The van der Waals surface area contributed by atoms with Crippen LogP contribution in [0.1, 0.15) is 22.9 Å². The number of halogens is 3. The van der Waals surface area contributed by atoms with Crippen molar-refractivity contribution >= 4 is 5.65 Å². The van der Waals surface area contributed by atoms with Gasteiger partial charge in [-0.25, -0.2) is 27.6 Å². The van der Waals surface area contributed by atoms with Crippen LogP contribution < -0.4 is 11.4 Å². The van der Waals surface area contributed by atoms with Crippen molar-refractivity contribution in [2.75, 3.05) is 0 Å². The highest BCUT2D eigenvalue weighted by molar-refractivity contribution is 5.62. The van der Waals surface area contributed by atoms with Crippen molar-refractivity contribution in [3.8, 4) is 11.4 Å². The average Bonchev–Trinajstić information content (AvgIpc) is 3.21. The Hall–Kier alpha value is -3.40. The minimum Gasteiger partial charge on any atom is -0.327 e. The van der Waals surface area contributed by atoms with Crippen LogP contribution in [0.15, 0.2) is 35.3 Å². The molecule has 3 aromatic heterocycles. The van der Waals surface area contributed by atoms with Gasteiger partial charge < -0.3 is 10.1 Å². The van der Waals surface area contributed by atoms with Gasteiger partial charge in [-0.15, -0.1) is 5.10 Å². The Morgan fingerprint density at radius 3 is 2.52 bits per heavy atom. The first-order valence-corrected chi connectivity index (χ1v) is 9.75. The third-order valence-electron chi connectivity index (χ3n) is 5.99. The van der Waals surface area contributed by atoms with Crippen LogP contribution in [0.5, 0.6) is 0 Å². The van der Waals surface area contributed by atoms with Crippen molar-refractivity contribution in [2.45, 2.75) is 24.8 Å². The van der Waals surface area contributed by atoms with E-state index in [1.54, 1.807) is 14.1 Å². The zero-order valence-electron chi connectivity index (χ0n) is 16.8. The molecular weight excluding hydrogens is 409 g/mol. The van der Waals surface area contributed by atoms with Gasteiger partial charge in [0.2, 0.25) is 0 Å². The zero-order chi connectivity index (χ0) is 22.0. The van der Waals surface area contributed by atoms with Crippen LogP contribution >= 0.6 is 0 Å². The van der Waals surface area contributed by atoms with Crippen LogP contribution in [0, 0.1) is 17.5 Å². The number of pyridine rings is 1. The zero-order valence-corrected chi connectivity index (χ0v) is 16.8. The first-order chi connectivity index (χ1) is 14.7. The molecule has 0 saturated carbocycles. The fraction of sp³-hybridized carbons (Fsp3) is 0.286. The van der Waals surface area contributed by atoms with Gasteiger partial charge in [-0.05, 0) is 30.2 Å². The summed E-state index contributed by atoms with van der Waals surface area (Å²) < 4.78 is 46.1. The SMILES string of the molecule is Cn1nc(-c2ccn3c4c(nc3c2)CC(c2cc(F)c(F)cc2F)C(N)C4)n(C)c1=O. The summed E-state index contributed by atoms with van der Waals surface area (Å²) in [4.78, 5) is 16.7. The Morgan fingerprint density at radius 2 is 1.81 bits per heavy atom. The molecule has 0 bridgehead atoms. The number of hydrogen-bond donors (Lipinski definition) is 1. The standard InChI is InChI=1S/C21H19F3N6O/c1-28-20(27-29(2)21(28)31)10-3-4-30-18-9-16(25)12(7-17(18)26-19(30)5-10)11-6-14(23)15(24)8-13(11)22/h3-6,8,12,16H,7,9,25H2,1-2H3. The molecule has 0 radical (unpaired) electrons. The third-order valence-corrected chi connectivity index (χ3v) is 5.99. The van der Waals surface area contributed by atoms with Crippen molar-refractivity contribution in [3.05, 3.63) is 75.3 Å². The molecule has 3 heterocycles. The minimum atomic E-state index is -1.23. The fourth-order valence-electron chi connectivity index (χ4n) is 4.36. The van der Waals surface area contributed by atoms with Gasteiger partial charge in [0.25, 0.3) is 0 Å². The molecule has 1 aliphatic carbocycles. The maximum Gasteiger partial charge on any atom is 0.345 e. The molecule has 0 amide bonds. The number of hydrogen-bond acceptors (Lipinski definition) is 4. The van der Waals surface area contributed by atoms with Crippen molar-refractivity contribution in [1.29, 1.82) is 0 Å². The second-order valence-corrected chi connectivity index (χ2v) is 7.90. The molecule has 0 fully saturated rings. The second-order valence-electron chi connectivity index (χ2n) is 7.90. The van der Waals surface area contributed by atoms with Crippen LogP contribution in [0.4, 0.5) is 13.2 Å². The topological polar surface area (TPSA) is 83.1 Å². The summed E-state index contributed by atoms with van der Waals surface area (Å²) in [5, 5.41) is 4.26. The molecule has 7 nitrogen and oxygen atoms in total. The van der Waals surface area contributed by atoms with E-state index >= 15 is 0 Å². The maximum atomic E-state index is 14.4. The van der Waals surface area contributed by atoms with E-state index in [1.165, 1.54) is 9.25 Å². The van der Waals surface area contributed by atoms with Crippen LogP contribution in [-0.4, -0.2) is 29.8 Å². The number of aromatic nitrogens is 5. The summed E-state index contributed by atoms with van der Waals surface area (Å²) >= 11 is 0. The summed E-state index contributed by atoms with van der Waals surface area (Å²) in [7, 11) is 3.23. The fourth-order valence-corrected chi connectivity index (χ4v) is 4.36. The first-order valence-electron chi connectivity index (χ1n) is 9.75. The highest BCUT2D eigenvalue weighted by atomic mass is 19.2. The molecule has 0 aliphatic heterocycles. The highest BCUT2D eigenvalue weighted by Crippen LogP contribution is 2.35. The van der Waals surface area contributed by atoms with E-state index in [0.29, 0.717) is 30.4 Å². The predicted octanol–water partition coefficient (Wildman–Crippen LogP) is 2.06. The Balaban J connectivity index is 1.57. The molecule has 4 aromatic rings. The minimum absolute atomic E-state index is 0.0540. The first kappa shape index (κ1) is 19.6. The van der Waals surface area contributed by atoms with E-state index < -0.39 is 29.4 Å². The van der Waals surface area contributed by atoms with Crippen LogP contribution in [0.2, 0.25) is 0 Å². The Labute approximate surface area is 174 Å². The molecular formula is C21H19F3N6O. The molecule has 2 atom stereocenters. The molecule has 2 N–H and O–H groups in total. The van der Waals surface area contributed by atoms with Crippen LogP contribution in [0.25, 0.3) is 17.0 Å². The second kappa shape index (κ2) is 6.81. The van der Waals surface area contributed by atoms with Crippen molar-refractivity contribution in [1.82, 2.24) is 23.7 Å². The molecule has 160 valence electrons. The summed E-state index contributed by atoms with van der Waals surface area (Å²) in [6.07, 6.45) is 2.54. The van der Waals surface area contributed by atoms with E-state index in [-0.39, 0.29) is 11.3 Å². The number of nitrogens with two attached hydrogens (primary N) is 1. The van der Waals surface area contributed by atoms with Crippen LogP contribution in [-0.2, 0) is 26.9 Å². The molecule has 0 spiro atoms. The average molecular weight is 428 g/mol. The quantitative estimate of drug-likeness (QED) is 0.496. The van der Waals surface area contributed by atoms with Crippen LogP contribution in [0.3, 0.4) is 0 Å². The number of rotatable bonds is 2. The number of benzene rings is 1. The Bertz CT molecular complexity index is 1400. The van der Waals surface area contributed by atoms with Crippen molar-refractivity contribution in [3.63, 3.8) is 0 Å². The Kier molecular flexibility index (Phi) is 4.30. The van der Waals surface area contributed by atoms with E-state index in [0.717, 1.165) is 23.0 Å². The van der Waals surface area contributed by atoms with Gasteiger partial charge in [0.1, 0.15) is 11.5 Å². The molecule has 31 heavy (non-hydrogen) atoms. The summed E-state index contributed by atoms with van der Waals surface area (Å²) in [6, 6.07) is 4.61. The van der Waals surface area contributed by atoms with Gasteiger partial charge in [-0.2, -0.15) is 0 Å². The third kappa shape index (κ3) is 2.97. The van der Waals surface area contributed by atoms with Crippen molar-refractivity contribution in [2.24, 2.45) is 19.8 Å². The molecule has 0 saturated heterocycles. The van der Waals surface area contributed by atoms with Gasteiger partial charge in [-0.1, -0.05) is 0 Å². The van der Waals surface area contributed by atoms with Gasteiger partial charge in [0.05, 0.1) is 5.69 Å². The van der Waals surface area contributed by atoms with Crippen molar-refractivity contribution < 1.29 is 13.2 Å². The van der Waals surface area contributed by atoms with Gasteiger partial charge in [0, 0.05) is 56.0 Å². The molecule has 1 aromatic carbocycles. The van der Waals surface area contributed by atoms with E-state index in [9.17, 15) is 18.0 Å². The number of fused-ring (bicyclic) bond motifs is 3. The molecule has 10 heteroatoms. The van der Waals surface area contributed by atoms with Gasteiger partial charge in [-0.3, -0.25) is 4.57 Å². The van der Waals surface area contributed by atoms with E-state index in [2.05, 4.69) is 10.1 Å². The largest absolute Gasteiger partial charge is 0.345 e. The molecule has 1 aliphatic rings. The molecule has 5 rings (SSSR count). The number of aryl methyl sites for hydroxylation is 1. The highest BCUT2D eigenvalue weighted by Gasteiger charge is 2.33. The lowest BCUT2D eigenvalue weighted by molar-refractivity contribution is 0.446. The smallest absolute Gasteiger partial charge is 0.327 e. The number of nitrogens with zero attached hydrogens (tertiary/aromatic N) is 5. The number of imidazole rings is 1. The monoisotopic (exact) mass is 428 g/mol. The molecule has 2 unspecified atom stereocenters. The van der Waals surface area contributed by atoms with Gasteiger partial charge in [0.15, 0.2) is 17.5 Å². The Morgan fingerprint density at radius 1 is 1.06 bits per heavy atom. The summed E-state index contributed by atoms with van der Waals surface area (Å²) in [5.41, 5.74) is 9.12.